The van der Waals surface area contributed by atoms with Crippen LogP contribution in [-0.2, 0) is 15.2 Å². The van der Waals surface area contributed by atoms with Gasteiger partial charge in [-0.2, -0.15) is 8.42 Å². The minimum Gasteiger partial charge on any atom is -0.481 e. The van der Waals surface area contributed by atoms with Crippen molar-refractivity contribution >= 4 is 21.9 Å². The minimum atomic E-state index is -4.67. The molecule has 9 heteroatoms. The number of piperidine rings is 1. The van der Waals surface area contributed by atoms with Crippen LogP contribution in [0, 0.1) is 40.4 Å². The number of hydrogen-bond acceptors (Lipinski definition) is 5. The van der Waals surface area contributed by atoms with E-state index >= 15 is 0 Å². The Kier molecular flexibility index (Phi) is 8.07. The summed E-state index contributed by atoms with van der Waals surface area (Å²) in [4.78, 5) is 18.6. The molecule has 0 radical (unpaired) electrons. The fourth-order valence-electron chi connectivity index (χ4n) is 9.45. The molecule has 2 unspecified atom stereocenters. The number of carbonyl (C=O) groups is 1. The number of carboxylic acid groups (broad SMARTS) is 1. The van der Waals surface area contributed by atoms with Gasteiger partial charge in [0.05, 0.1) is 5.92 Å². The Hall–Kier alpha value is -2.07. The van der Waals surface area contributed by atoms with E-state index in [4.69, 9.17) is 17.5 Å². The highest BCUT2D eigenvalue weighted by Gasteiger charge is 2.57. The first kappa shape index (κ1) is 29.4. The predicted molar refractivity (Wildman–Crippen MR) is 154 cm³/mol. The molecule has 0 aromatic carbocycles. The van der Waals surface area contributed by atoms with Crippen molar-refractivity contribution < 1.29 is 27.4 Å². The van der Waals surface area contributed by atoms with Crippen LogP contribution in [0.5, 0.6) is 0 Å². The number of hydrogen-bond donors (Lipinski definition) is 3. The average molecular weight is 573 g/mol. The minimum absolute atomic E-state index is 0.158. The molecule has 1 aromatic rings. The van der Waals surface area contributed by atoms with Gasteiger partial charge in [0.25, 0.3) is 0 Å². The molecule has 3 N–H and O–H groups in total. The zero-order valence-electron chi connectivity index (χ0n) is 23.9. The Morgan fingerprint density at radius 2 is 1.77 bits per heavy atom. The molecule has 40 heavy (non-hydrogen) atoms. The molecule has 220 valence electrons. The summed E-state index contributed by atoms with van der Waals surface area (Å²) in [5.41, 5.74) is 5.19. The summed E-state index contributed by atoms with van der Waals surface area (Å²) in [6.07, 6.45) is 19.5. The molecule has 5 aliphatic rings. The highest BCUT2D eigenvalue weighted by Crippen LogP contribution is 2.66. The molecule has 1 aromatic heterocycles. The predicted octanol–water partition coefficient (Wildman–Crippen LogP) is 5.80. The van der Waals surface area contributed by atoms with Crippen molar-refractivity contribution in [3.8, 4) is 0 Å². The van der Waals surface area contributed by atoms with E-state index in [1.807, 2.05) is 6.20 Å². The third-order valence-electron chi connectivity index (χ3n) is 11.5. The van der Waals surface area contributed by atoms with Gasteiger partial charge in [-0.05, 0) is 123 Å². The van der Waals surface area contributed by atoms with Crippen molar-refractivity contribution in [2.24, 2.45) is 40.4 Å². The van der Waals surface area contributed by atoms with Crippen molar-refractivity contribution in [3.05, 3.63) is 47.8 Å². The summed E-state index contributed by atoms with van der Waals surface area (Å²) >= 11 is 0. The summed E-state index contributed by atoms with van der Waals surface area (Å²) < 4.78 is 31.6. The Morgan fingerprint density at radius 3 is 2.45 bits per heavy atom. The Labute approximate surface area is 238 Å². The van der Waals surface area contributed by atoms with E-state index in [1.54, 1.807) is 11.1 Å². The van der Waals surface area contributed by atoms with Crippen LogP contribution in [0.2, 0.25) is 0 Å². The summed E-state index contributed by atoms with van der Waals surface area (Å²) in [6, 6.07) is 4.75. The van der Waals surface area contributed by atoms with Crippen LogP contribution in [-0.4, -0.2) is 58.1 Å². The van der Waals surface area contributed by atoms with Gasteiger partial charge >= 0.3 is 16.4 Å². The number of aromatic nitrogens is 1. The van der Waals surface area contributed by atoms with Gasteiger partial charge in [0.15, 0.2) is 0 Å². The van der Waals surface area contributed by atoms with Crippen molar-refractivity contribution in [2.75, 3.05) is 13.6 Å². The maximum atomic E-state index is 11.7. The van der Waals surface area contributed by atoms with E-state index < -0.39 is 16.4 Å². The summed E-state index contributed by atoms with van der Waals surface area (Å²) in [5, 5.41) is 9.65. The van der Waals surface area contributed by atoms with Crippen LogP contribution in [0.4, 0.5) is 0 Å². The zero-order chi connectivity index (χ0) is 28.9. The zero-order valence-corrected chi connectivity index (χ0v) is 24.7. The fourth-order valence-corrected chi connectivity index (χ4v) is 9.45. The number of aliphatic carboxylic acids is 1. The van der Waals surface area contributed by atoms with Crippen LogP contribution in [0.15, 0.2) is 42.3 Å². The van der Waals surface area contributed by atoms with Crippen molar-refractivity contribution in [1.29, 1.82) is 0 Å². The molecule has 8 nitrogen and oxygen atoms in total. The largest absolute Gasteiger partial charge is 0.481 e. The van der Waals surface area contributed by atoms with E-state index in [2.05, 4.69) is 61.3 Å². The maximum Gasteiger partial charge on any atom is 0.394 e. The maximum absolute atomic E-state index is 11.7. The number of carboxylic acids is 1. The van der Waals surface area contributed by atoms with Gasteiger partial charge in [-0.25, -0.2) is 0 Å². The van der Waals surface area contributed by atoms with Crippen molar-refractivity contribution in [1.82, 2.24) is 9.88 Å². The Balaban J connectivity index is 0.000000595. The number of allylic oxidation sites excluding steroid dienone is 4. The van der Waals surface area contributed by atoms with Gasteiger partial charge in [-0.3, -0.25) is 18.9 Å². The van der Waals surface area contributed by atoms with Crippen LogP contribution in [0.1, 0.15) is 77.2 Å². The molecule has 2 heterocycles. The summed E-state index contributed by atoms with van der Waals surface area (Å²) in [7, 11) is -2.45. The van der Waals surface area contributed by atoms with Gasteiger partial charge in [-0.15, -0.1) is 0 Å². The number of nitrogens with zero attached hydrogens (tertiary/aromatic N) is 2. The molecular weight excluding hydrogens is 528 g/mol. The molecule has 8 atom stereocenters. The quantitative estimate of drug-likeness (QED) is 0.306. The number of pyridine rings is 1. The smallest absolute Gasteiger partial charge is 0.394 e. The molecular formula is C31H44N2O6S. The second-order valence-electron chi connectivity index (χ2n) is 13.4. The van der Waals surface area contributed by atoms with Crippen LogP contribution in [0.3, 0.4) is 0 Å². The average Bonchev–Trinajstić information content (AvgIpc) is 3.25. The number of rotatable bonds is 3. The second-order valence-corrected chi connectivity index (χ2v) is 14.3. The molecule has 4 aliphatic carbocycles. The summed E-state index contributed by atoms with van der Waals surface area (Å²) in [5.74, 6) is 2.16. The lowest BCUT2D eigenvalue weighted by Gasteiger charge is -2.58. The molecule has 6 rings (SSSR count). The topological polar surface area (TPSA) is 128 Å². The first-order valence-electron chi connectivity index (χ1n) is 14.7. The van der Waals surface area contributed by atoms with Gasteiger partial charge in [0.1, 0.15) is 0 Å². The Bertz CT molecular complexity index is 1270. The molecule has 0 bridgehead atoms. The third-order valence-corrected chi connectivity index (χ3v) is 11.5. The molecule has 1 aliphatic heterocycles. The van der Waals surface area contributed by atoms with Crippen molar-refractivity contribution in [2.45, 2.75) is 77.7 Å². The monoisotopic (exact) mass is 572 g/mol. The standard InChI is InChI=1S/C31H42N2O2.H2O4S/c1-30-13-10-20(28-18-21(29(34)35)12-16-33(28)3)17-23(30)6-7-24-26-9-8-25(22-5-4-15-32-19-22)31(26,2)14-11-27(24)30;1-5(2,3)4/h4-6,8,15,19-21,24,26-28H,7,9-14,16-18H2,1-3H3,(H,34,35);(H2,1,2,3,4)/t20-,21?,24-,26-,27-,28?,30-,31+;/m0./s1. The highest BCUT2D eigenvalue weighted by atomic mass is 32.3. The molecule has 1 saturated heterocycles. The van der Waals surface area contributed by atoms with Gasteiger partial charge < -0.3 is 10.0 Å². The number of fused-ring (bicyclic) bond motifs is 5. The number of likely N-dealkylation sites (tertiary alicyclic amines) is 1. The molecule has 3 fully saturated rings. The lowest BCUT2D eigenvalue weighted by atomic mass is 9.46. The van der Waals surface area contributed by atoms with E-state index in [0.717, 1.165) is 37.1 Å². The van der Waals surface area contributed by atoms with Crippen molar-refractivity contribution in [3.63, 3.8) is 0 Å². The molecule has 0 spiro atoms. The molecule has 2 saturated carbocycles. The highest BCUT2D eigenvalue weighted by molar-refractivity contribution is 7.79. The first-order valence-corrected chi connectivity index (χ1v) is 16.1. The SMILES string of the molecule is CN1CCC(C(=O)O)CC1[C@H]1CC[C@@]2(C)C(=CC[C@@H]3[C@@H]2CC[C@]2(C)C(c4cccnc4)=CC[C@@H]32)C1.O=S(=O)(O)O. The normalized spacial score (nSPS) is 39.4. The van der Waals surface area contributed by atoms with Gasteiger partial charge in [0.2, 0.25) is 0 Å². The fraction of sp³-hybridized carbons (Fsp3) is 0.677. The van der Waals surface area contributed by atoms with Gasteiger partial charge in [-0.1, -0.05) is 37.6 Å². The molecule has 0 amide bonds. The van der Waals surface area contributed by atoms with Gasteiger partial charge in [0, 0.05) is 18.4 Å². The van der Waals surface area contributed by atoms with E-state index in [0.29, 0.717) is 17.4 Å². The lowest BCUT2D eigenvalue weighted by molar-refractivity contribution is -0.144. The summed E-state index contributed by atoms with van der Waals surface area (Å²) in [6.45, 7) is 6.05. The van der Waals surface area contributed by atoms with Crippen LogP contribution < -0.4 is 0 Å². The lowest BCUT2D eigenvalue weighted by Crippen LogP contribution is -2.52. The first-order chi connectivity index (χ1) is 18.8. The third kappa shape index (κ3) is 5.54. The van der Waals surface area contributed by atoms with Crippen LogP contribution >= 0.6 is 0 Å². The van der Waals surface area contributed by atoms with E-state index in [-0.39, 0.29) is 11.3 Å². The second kappa shape index (κ2) is 11.0. The van der Waals surface area contributed by atoms with E-state index in [9.17, 15) is 9.90 Å². The van der Waals surface area contributed by atoms with E-state index in [1.165, 1.54) is 50.5 Å². The van der Waals surface area contributed by atoms with Crippen LogP contribution in [0.25, 0.3) is 5.57 Å². The Morgan fingerprint density at radius 1 is 1.05 bits per heavy atom.